The van der Waals surface area contributed by atoms with Crippen molar-refractivity contribution in [2.75, 3.05) is 5.32 Å². The van der Waals surface area contributed by atoms with Crippen LogP contribution in [0.15, 0.2) is 36.5 Å². The predicted octanol–water partition coefficient (Wildman–Crippen LogP) is 5.35. The van der Waals surface area contributed by atoms with E-state index < -0.39 is 24.1 Å². The van der Waals surface area contributed by atoms with Crippen molar-refractivity contribution in [2.24, 2.45) is 0 Å². The zero-order valence-corrected chi connectivity index (χ0v) is 17.6. The number of hydrogen-bond acceptors (Lipinski definition) is 5. The van der Waals surface area contributed by atoms with Crippen molar-refractivity contribution < 1.29 is 27.4 Å². The molecule has 3 rings (SSSR count). The summed E-state index contributed by atoms with van der Waals surface area (Å²) < 4.78 is 49.2. The minimum Gasteiger partial charge on any atom is -0.444 e. The van der Waals surface area contributed by atoms with Crippen LogP contribution >= 0.6 is 0 Å². The number of nitrogens with zero attached hydrogens (tertiary/aromatic N) is 1. The first-order chi connectivity index (χ1) is 14.6. The molecule has 0 radical (unpaired) electrons. The summed E-state index contributed by atoms with van der Waals surface area (Å²) in [6.45, 7) is 2.37. The van der Waals surface area contributed by atoms with Crippen LogP contribution in [-0.4, -0.2) is 35.4 Å². The molecule has 0 saturated heterocycles. The predicted molar refractivity (Wildman–Crippen MR) is 111 cm³/mol. The molecule has 2 aromatic rings. The van der Waals surface area contributed by atoms with Crippen LogP contribution < -0.4 is 15.4 Å². The van der Waals surface area contributed by atoms with E-state index in [2.05, 4.69) is 20.4 Å². The Labute approximate surface area is 179 Å². The fourth-order valence-corrected chi connectivity index (χ4v) is 3.53. The van der Waals surface area contributed by atoms with Gasteiger partial charge in [0.1, 0.15) is 23.0 Å². The van der Waals surface area contributed by atoms with Crippen LogP contribution in [-0.2, 0) is 4.74 Å². The van der Waals surface area contributed by atoms with E-state index in [0.717, 1.165) is 12.8 Å². The lowest BCUT2D eigenvalue weighted by atomic mass is 10.1. The molecule has 2 atom stereocenters. The van der Waals surface area contributed by atoms with Gasteiger partial charge in [0.05, 0.1) is 5.56 Å². The fourth-order valence-electron chi connectivity index (χ4n) is 3.53. The van der Waals surface area contributed by atoms with Gasteiger partial charge in [0.15, 0.2) is 0 Å². The van der Waals surface area contributed by atoms with Crippen molar-refractivity contribution in [1.29, 1.82) is 0 Å². The van der Waals surface area contributed by atoms with Gasteiger partial charge in [-0.2, -0.15) is 8.78 Å². The molecular formula is C22H26F3N3O3. The lowest BCUT2D eigenvalue weighted by Gasteiger charge is -2.22. The van der Waals surface area contributed by atoms with E-state index in [1.165, 1.54) is 24.4 Å². The third kappa shape index (κ3) is 6.50. The van der Waals surface area contributed by atoms with E-state index in [-0.39, 0.29) is 23.4 Å². The number of ether oxygens (including phenoxy) is 2. The number of nitrogens with one attached hydrogen (secondary N) is 2. The zero-order chi connectivity index (χ0) is 22.6. The molecule has 1 fully saturated rings. The van der Waals surface area contributed by atoms with Crippen molar-refractivity contribution in [1.82, 2.24) is 10.3 Å². The standard InChI is InChI=1S/C22H26F3N3O3/c1-22(2,3)31-21(29)28-15-9-8-14(11-15)27-18-10-7-13(12-26-18)19-16(23)5-4-6-17(19)30-20(24)25/h4-7,10,12,14-15,20H,8-9,11H2,1-3H3,(H,26,27)(H,28,29)/t14-,15-/m0/s1. The molecule has 2 N–H and O–H groups in total. The summed E-state index contributed by atoms with van der Waals surface area (Å²) in [5.74, 6) is -0.351. The second-order valence-electron chi connectivity index (χ2n) is 8.42. The molecule has 1 aliphatic carbocycles. The molecule has 0 spiro atoms. The van der Waals surface area contributed by atoms with E-state index >= 15 is 0 Å². The minimum absolute atomic E-state index is 0.000841. The van der Waals surface area contributed by atoms with Gasteiger partial charge < -0.3 is 20.1 Å². The van der Waals surface area contributed by atoms with Crippen LogP contribution in [0.4, 0.5) is 23.8 Å². The van der Waals surface area contributed by atoms with Crippen molar-refractivity contribution in [3.05, 3.63) is 42.3 Å². The zero-order valence-electron chi connectivity index (χ0n) is 17.6. The molecule has 1 aliphatic rings. The van der Waals surface area contributed by atoms with E-state index in [1.807, 2.05) is 20.8 Å². The summed E-state index contributed by atoms with van der Waals surface area (Å²) in [5.41, 5.74) is -0.288. The number of rotatable bonds is 6. The number of alkyl halides is 2. The number of alkyl carbamates (subject to hydrolysis) is 1. The highest BCUT2D eigenvalue weighted by molar-refractivity contribution is 5.71. The molecule has 1 aromatic heterocycles. The highest BCUT2D eigenvalue weighted by Crippen LogP contribution is 2.34. The van der Waals surface area contributed by atoms with Gasteiger partial charge in [0, 0.05) is 23.8 Å². The van der Waals surface area contributed by atoms with Crippen LogP contribution in [0.25, 0.3) is 11.1 Å². The van der Waals surface area contributed by atoms with Crippen molar-refractivity contribution in [3.63, 3.8) is 0 Å². The Morgan fingerprint density at radius 3 is 2.55 bits per heavy atom. The number of pyridine rings is 1. The summed E-state index contributed by atoms with van der Waals surface area (Å²) in [6.07, 6.45) is 3.32. The Morgan fingerprint density at radius 2 is 1.90 bits per heavy atom. The van der Waals surface area contributed by atoms with E-state index in [9.17, 15) is 18.0 Å². The quantitative estimate of drug-likeness (QED) is 0.638. The Balaban J connectivity index is 1.61. The Hall–Kier alpha value is -2.97. The molecule has 6 nitrogen and oxygen atoms in total. The number of amides is 1. The first-order valence-electron chi connectivity index (χ1n) is 10.1. The fraction of sp³-hybridized carbons (Fsp3) is 0.455. The topological polar surface area (TPSA) is 72.5 Å². The van der Waals surface area contributed by atoms with Crippen molar-refractivity contribution >= 4 is 11.9 Å². The SMILES string of the molecule is CC(C)(C)OC(=O)N[C@H]1CC[C@H](Nc2ccc(-c3c(F)cccc3OC(F)F)cn2)C1. The summed E-state index contributed by atoms with van der Waals surface area (Å²) in [7, 11) is 0. The molecule has 0 bridgehead atoms. The summed E-state index contributed by atoms with van der Waals surface area (Å²) >= 11 is 0. The number of aromatic nitrogens is 1. The third-order valence-corrected chi connectivity index (χ3v) is 4.75. The average Bonchev–Trinajstić information content (AvgIpc) is 3.07. The molecular weight excluding hydrogens is 411 g/mol. The molecule has 9 heteroatoms. The summed E-state index contributed by atoms with van der Waals surface area (Å²) in [4.78, 5) is 16.2. The Bertz CT molecular complexity index is 901. The highest BCUT2D eigenvalue weighted by atomic mass is 19.3. The first kappa shape index (κ1) is 22.7. The van der Waals surface area contributed by atoms with Gasteiger partial charge in [0.25, 0.3) is 0 Å². The molecule has 1 amide bonds. The lowest BCUT2D eigenvalue weighted by Crippen LogP contribution is -2.38. The normalized spacial score (nSPS) is 18.7. The Kier molecular flexibility index (Phi) is 6.92. The van der Waals surface area contributed by atoms with Crippen LogP contribution in [0, 0.1) is 5.82 Å². The van der Waals surface area contributed by atoms with Gasteiger partial charge in [-0.25, -0.2) is 14.2 Å². The summed E-state index contributed by atoms with van der Waals surface area (Å²) in [5, 5.41) is 6.16. The van der Waals surface area contributed by atoms with Gasteiger partial charge in [-0.1, -0.05) is 6.07 Å². The molecule has 0 unspecified atom stereocenters. The maximum absolute atomic E-state index is 14.3. The number of carbonyl (C=O) groups is 1. The van der Waals surface area contributed by atoms with E-state index in [1.54, 1.807) is 12.1 Å². The maximum atomic E-state index is 14.3. The molecule has 1 saturated carbocycles. The molecule has 0 aliphatic heterocycles. The number of hydrogen-bond donors (Lipinski definition) is 2. The van der Waals surface area contributed by atoms with Crippen LogP contribution in [0.1, 0.15) is 40.0 Å². The maximum Gasteiger partial charge on any atom is 0.407 e. The monoisotopic (exact) mass is 437 g/mol. The Morgan fingerprint density at radius 1 is 1.16 bits per heavy atom. The van der Waals surface area contributed by atoms with Crippen molar-refractivity contribution in [3.8, 4) is 16.9 Å². The molecule has 168 valence electrons. The highest BCUT2D eigenvalue weighted by Gasteiger charge is 2.28. The van der Waals surface area contributed by atoms with Crippen LogP contribution in [0.2, 0.25) is 0 Å². The second-order valence-corrected chi connectivity index (χ2v) is 8.42. The minimum atomic E-state index is -3.06. The number of halogens is 3. The largest absolute Gasteiger partial charge is 0.444 e. The lowest BCUT2D eigenvalue weighted by molar-refractivity contribution is -0.0495. The second kappa shape index (κ2) is 9.45. The van der Waals surface area contributed by atoms with Gasteiger partial charge >= 0.3 is 12.7 Å². The molecule has 1 aromatic carbocycles. The van der Waals surface area contributed by atoms with Gasteiger partial charge in [-0.15, -0.1) is 0 Å². The van der Waals surface area contributed by atoms with E-state index in [4.69, 9.17) is 4.74 Å². The van der Waals surface area contributed by atoms with Crippen LogP contribution in [0.3, 0.4) is 0 Å². The molecule has 1 heterocycles. The first-order valence-corrected chi connectivity index (χ1v) is 10.1. The van der Waals surface area contributed by atoms with Crippen LogP contribution in [0.5, 0.6) is 5.75 Å². The third-order valence-electron chi connectivity index (χ3n) is 4.75. The number of anilines is 1. The smallest absolute Gasteiger partial charge is 0.407 e. The van der Waals surface area contributed by atoms with Crippen molar-refractivity contribution in [2.45, 2.75) is 64.3 Å². The van der Waals surface area contributed by atoms with Gasteiger partial charge in [-0.05, 0) is 64.3 Å². The number of benzene rings is 1. The average molecular weight is 437 g/mol. The van der Waals surface area contributed by atoms with Gasteiger partial charge in [0.2, 0.25) is 0 Å². The number of carbonyl (C=O) groups excluding carboxylic acids is 1. The van der Waals surface area contributed by atoms with Gasteiger partial charge in [-0.3, -0.25) is 0 Å². The molecule has 31 heavy (non-hydrogen) atoms. The summed E-state index contributed by atoms with van der Waals surface area (Å²) in [6, 6.07) is 7.12. The van der Waals surface area contributed by atoms with E-state index in [0.29, 0.717) is 17.8 Å².